The van der Waals surface area contributed by atoms with Gasteiger partial charge in [-0.3, -0.25) is 4.98 Å². The van der Waals surface area contributed by atoms with Gasteiger partial charge in [-0.05, 0) is 19.2 Å². The van der Waals surface area contributed by atoms with Crippen LogP contribution in [0.3, 0.4) is 0 Å². The molecular weight excluding hydrogens is 172 g/mol. The van der Waals surface area contributed by atoms with Gasteiger partial charge in [-0.2, -0.15) is 0 Å². The Morgan fingerprint density at radius 3 is 2.36 bits per heavy atom. The number of nitrogens with zero attached hydrogens (tertiary/aromatic N) is 1. The highest BCUT2D eigenvalue weighted by molar-refractivity contribution is 5.03. The van der Waals surface area contributed by atoms with E-state index in [4.69, 9.17) is 0 Å². The fourth-order valence-electron chi connectivity index (χ4n) is 0.799. The van der Waals surface area contributed by atoms with Gasteiger partial charge in [0, 0.05) is 24.9 Å². The van der Waals surface area contributed by atoms with Gasteiger partial charge in [0.2, 0.25) is 0 Å². The summed E-state index contributed by atoms with van der Waals surface area (Å²) >= 11 is 0. The third kappa shape index (κ3) is 7.74. The SMILES string of the molecule is CCCC.CNCCc1ccccn1. The van der Waals surface area contributed by atoms with Crippen molar-refractivity contribution in [1.29, 1.82) is 0 Å². The van der Waals surface area contributed by atoms with Crippen LogP contribution < -0.4 is 5.32 Å². The number of aromatic nitrogens is 1. The van der Waals surface area contributed by atoms with Crippen molar-refractivity contribution in [2.24, 2.45) is 0 Å². The van der Waals surface area contributed by atoms with Gasteiger partial charge in [-0.25, -0.2) is 0 Å². The minimum absolute atomic E-state index is 0.997. The molecule has 0 spiro atoms. The monoisotopic (exact) mass is 194 g/mol. The van der Waals surface area contributed by atoms with Crippen LogP contribution in [0, 0.1) is 0 Å². The summed E-state index contributed by atoms with van der Waals surface area (Å²) in [6.07, 6.45) is 5.47. The molecule has 1 heterocycles. The van der Waals surface area contributed by atoms with Crippen molar-refractivity contribution < 1.29 is 0 Å². The lowest BCUT2D eigenvalue weighted by Gasteiger charge is -1.96. The first-order valence-corrected chi connectivity index (χ1v) is 5.39. The first-order chi connectivity index (χ1) is 6.85. The van der Waals surface area contributed by atoms with Crippen LogP contribution in [0.1, 0.15) is 32.4 Å². The zero-order valence-electron chi connectivity index (χ0n) is 9.59. The van der Waals surface area contributed by atoms with E-state index >= 15 is 0 Å². The van der Waals surface area contributed by atoms with Gasteiger partial charge in [-0.15, -0.1) is 0 Å². The molecule has 1 rings (SSSR count). The summed E-state index contributed by atoms with van der Waals surface area (Å²) in [4.78, 5) is 4.18. The molecule has 0 unspecified atom stereocenters. The summed E-state index contributed by atoms with van der Waals surface area (Å²) in [6, 6.07) is 5.98. The van der Waals surface area contributed by atoms with Crippen molar-refractivity contribution in [3.63, 3.8) is 0 Å². The largest absolute Gasteiger partial charge is 0.319 e. The molecule has 0 aliphatic carbocycles. The molecular formula is C12H22N2. The molecule has 0 amide bonds. The first kappa shape index (κ1) is 13.1. The van der Waals surface area contributed by atoms with E-state index < -0.39 is 0 Å². The van der Waals surface area contributed by atoms with E-state index in [1.165, 1.54) is 12.8 Å². The van der Waals surface area contributed by atoms with E-state index in [1.54, 1.807) is 0 Å². The lowest BCUT2D eigenvalue weighted by Crippen LogP contribution is -2.10. The van der Waals surface area contributed by atoms with Crippen LogP contribution in [-0.2, 0) is 6.42 Å². The Balaban J connectivity index is 0.000000364. The molecule has 1 N–H and O–H groups in total. The van der Waals surface area contributed by atoms with Crippen LogP contribution in [0.25, 0.3) is 0 Å². The molecule has 0 aliphatic rings. The summed E-state index contributed by atoms with van der Waals surface area (Å²) in [7, 11) is 1.95. The number of rotatable bonds is 4. The van der Waals surface area contributed by atoms with E-state index in [0.29, 0.717) is 0 Å². The number of unbranched alkanes of at least 4 members (excludes halogenated alkanes) is 1. The highest BCUT2D eigenvalue weighted by atomic mass is 14.8. The third-order valence-corrected chi connectivity index (χ3v) is 1.86. The number of nitrogens with one attached hydrogen (secondary N) is 1. The molecule has 0 radical (unpaired) electrons. The van der Waals surface area contributed by atoms with Gasteiger partial charge in [-0.1, -0.05) is 32.8 Å². The van der Waals surface area contributed by atoms with E-state index in [0.717, 1.165) is 18.7 Å². The summed E-state index contributed by atoms with van der Waals surface area (Å²) < 4.78 is 0. The smallest absolute Gasteiger partial charge is 0.0416 e. The van der Waals surface area contributed by atoms with Crippen LogP contribution in [0.4, 0.5) is 0 Å². The molecule has 0 atom stereocenters. The second-order valence-electron chi connectivity index (χ2n) is 3.17. The van der Waals surface area contributed by atoms with E-state index in [1.807, 2.05) is 31.4 Å². The topological polar surface area (TPSA) is 24.9 Å². The zero-order valence-corrected chi connectivity index (χ0v) is 9.59. The fraction of sp³-hybridized carbons (Fsp3) is 0.583. The van der Waals surface area contributed by atoms with Crippen molar-refractivity contribution in [3.05, 3.63) is 30.1 Å². The average molecular weight is 194 g/mol. The predicted octanol–water partition coefficient (Wildman–Crippen LogP) is 2.65. The van der Waals surface area contributed by atoms with Crippen LogP contribution in [0.5, 0.6) is 0 Å². The molecule has 1 aromatic rings. The second kappa shape index (κ2) is 10.2. The van der Waals surface area contributed by atoms with Gasteiger partial charge < -0.3 is 5.32 Å². The highest BCUT2D eigenvalue weighted by Gasteiger charge is 1.88. The van der Waals surface area contributed by atoms with E-state index in [2.05, 4.69) is 24.1 Å². The maximum atomic E-state index is 4.18. The van der Waals surface area contributed by atoms with Crippen LogP contribution in [0.15, 0.2) is 24.4 Å². The van der Waals surface area contributed by atoms with E-state index in [9.17, 15) is 0 Å². The van der Waals surface area contributed by atoms with E-state index in [-0.39, 0.29) is 0 Å². The number of hydrogen-bond donors (Lipinski definition) is 1. The molecule has 80 valence electrons. The highest BCUT2D eigenvalue weighted by Crippen LogP contribution is 1.92. The van der Waals surface area contributed by atoms with Crippen LogP contribution in [-0.4, -0.2) is 18.6 Å². The molecule has 0 saturated carbocycles. The number of hydrogen-bond acceptors (Lipinski definition) is 2. The average Bonchev–Trinajstić information content (AvgIpc) is 2.28. The Labute approximate surface area is 87.8 Å². The summed E-state index contributed by atoms with van der Waals surface area (Å²) in [5.41, 5.74) is 1.15. The van der Waals surface area contributed by atoms with Gasteiger partial charge in [0.15, 0.2) is 0 Å². The lowest BCUT2D eigenvalue weighted by molar-refractivity contribution is 0.776. The van der Waals surface area contributed by atoms with Crippen molar-refractivity contribution in [1.82, 2.24) is 10.3 Å². The van der Waals surface area contributed by atoms with Crippen molar-refractivity contribution >= 4 is 0 Å². The van der Waals surface area contributed by atoms with Crippen LogP contribution in [0.2, 0.25) is 0 Å². The summed E-state index contributed by atoms with van der Waals surface area (Å²) in [6.45, 7) is 5.36. The lowest BCUT2D eigenvalue weighted by atomic mass is 10.3. The normalized spacial score (nSPS) is 9.07. The van der Waals surface area contributed by atoms with Gasteiger partial charge in [0.1, 0.15) is 0 Å². The molecule has 0 aromatic carbocycles. The standard InChI is InChI=1S/C8H12N2.C4H10/c1-9-7-5-8-4-2-3-6-10-8;1-3-4-2/h2-4,6,9H,5,7H2,1H3;3-4H2,1-2H3. The molecule has 0 saturated heterocycles. The molecule has 1 aromatic heterocycles. The fourth-order valence-corrected chi connectivity index (χ4v) is 0.799. The van der Waals surface area contributed by atoms with Gasteiger partial charge in [0.05, 0.1) is 0 Å². The minimum atomic E-state index is 0.997. The Kier molecular flexibility index (Phi) is 9.54. The van der Waals surface area contributed by atoms with Crippen molar-refractivity contribution in [2.45, 2.75) is 33.1 Å². The Morgan fingerprint density at radius 1 is 1.21 bits per heavy atom. The number of pyridine rings is 1. The summed E-state index contributed by atoms with van der Waals surface area (Å²) in [5.74, 6) is 0. The first-order valence-electron chi connectivity index (χ1n) is 5.39. The minimum Gasteiger partial charge on any atom is -0.319 e. The maximum Gasteiger partial charge on any atom is 0.0416 e. The Hall–Kier alpha value is -0.890. The third-order valence-electron chi connectivity index (χ3n) is 1.86. The molecule has 14 heavy (non-hydrogen) atoms. The molecule has 2 nitrogen and oxygen atoms in total. The Bertz CT molecular complexity index is 195. The Morgan fingerprint density at radius 2 is 1.93 bits per heavy atom. The summed E-state index contributed by atoms with van der Waals surface area (Å²) in [5, 5.41) is 3.08. The zero-order chi connectivity index (χ0) is 10.6. The molecule has 0 aliphatic heterocycles. The van der Waals surface area contributed by atoms with Gasteiger partial charge >= 0.3 is 0 Å². The molecule has 2 heteroatoms. The second-order valence-corrected chi connectivity index (χ2v) is 3.17. The van der Waals surface area contributed by atoms with Crippen molar-refractivity contribution in [2.75, 3.05) is 13.6 Å². The molecule has 0 bridgehead atoms. The van der Waals surface area contributed by atoms with Gasteiger partial charge in [0.25, 0.3) is 0 Å². The molecule has 0 fully saturated rings. The maximum absolute atomic E-state index is 4.18. The number of likely N-dealkylation sites (N-methyl/N-ethyl adjacent to an activating group) is 1. The van der Waals surface area contributed by atoms with Crippen LogP contribution >= 0.6 is 0 Å². The predicted molar refractivity (Wildman–Crippen MR) is 62.4 cm³/mol. The van der Waals surface area contributed by atoms with Crippen molar-refractivity contribution in [3.8, 4) is 0 Å². The quantitative estimate of drug-likeness (QED) is 0.797.